The van der Waals surface area contributed by atoms with Gasteiger partial charge in [0.05, 0.1) is 17.1 Å². The van der Waals surface area contributed by atoms with Crippen molar-refractivity contribution in [3.8, 4) is 0 Å². The molecule has 2 saturated heterocycles. The second-order valence-corrected chi connectivity index (χ2v) is 9.68. The van der Waals surface area contributed by atoms with E-state index < -0.39 is 26.9 Å². The van der Waals surface area contributed by atoms with Gasteiger partial charge < -0.3 is 20.1 Å². The number of nitrogens with zero attached hydrogens (tertiary/aromatic N) is 1. The molecule has 2 aliphatic heterocycles. The van der Waals surface area contributed by atoms with Gasteiger partial charge >= 0.3 is 0 Å². The largest absolute Gasteiger partial charge is 0.383 e. The summed E-state index contributed by atoms with van der Waals surface area (Å²) in [6, 6.07) is 4.89. The van der Waals surface area contributed by atoms with E-state index in [9.17, 15) is 8.42 Å². The predicted molar refractivity (Wildman–Crippen MR) is 101 cm³/mol. The van der Waals surface area contributed by atoms with Gasteiger partial charge in [0, 0.05) is 32.8 Å². The molecule has 2 N–H and O–H groups in total. The summed E-state index contributed by atoms with van der Waals surface area (Å²) in [6.07, 6.45) is 2.21. The molecule has 0 aliphatic carbocycles. The van der Waals surface area contributed by atoms with Crippen LogP contribution in [0.4, 0.5) is 0 Å². The molecule has 0 aromatic heterocycles. The molecule has 1 spiro atoms. The Morgan fingerprint density at radius 1 is 1.31 bits per heavy atom. The maximum absolute atomic E-state index is 13.2. The van der Waals surface area contributed by atoms with Crippen LogP contribution in [0.1, 0.15) is 30.4 Å². The number of hydrogen-bond acceptors (Lipinski definition) is 6. The van der Waals surface area contributed by atoms with Gasteiger partial charge in [-0.1, -0.05) is 17.7 Å². The zero-order valence-electron chi connectivity index (χ0n) is 15.9. The van der Waals surface area contributed by atoms with Crippen molar-refractivity contribution in [2.45, 2.75) is 55.1 Å². The highest BCUT2D eigenvalue weighted by molar-refractivity contribution is 7.92. The van der Waals surface area contributed by atoms with Crippen molar-refractivity contribution in [1.82, 2.24) is 4.90 Å². The van der Waals surface area contributed by atoms with E-state index in [0.29, 0.717) is 17.9 Å². The third-order valence-corrected chi connectivity index (χ3v) is 7.77. The fourth-order valence-corrected chi connectivity index (χ4v) is 6.07. The molecule has 2 aliphatic rings. The number of likely N-dealkylation sites (tertiary alicyclic amines) is 1. The van der Waals surface area contributed by atoms with Gasteiger partial charge in [-0.2, -0.15) is 0 Å². The first kappa shape index (κ1) is 19.8. The highest BCUT2D eigenvalue weighted by Crippen LogP contribution is 2.41. The second-order valence-electron chi connectivity index (χ2n) is 7.69. The van der Waals surface area contributed by atoms with E-state index >= 15 is 0 Å². The van der Waals surface area contributed by atoms with E-state index in [-0.39, 0.29) is 0 Å². The molecule has 7 heteroatoms. The lowest BCUT2D eigenvalue weighted by molar-refractivity contribution is -0.0575. The number of rotatable bonds is 5. The van der Waals surface area contributed by atoms with Crippen molar-refractivity contribution in [1.29, 1.82) is 0 Å². The summed E-state index contributed by atoms with van der Waals surface area (Å²) < 4.78 is 37.7. The molecule has 2 unspecified atom stereocenters. The molecule has 2 fully saturated rings. The minimum Gasteiger partial charge on any atom is -0.383 e. The van der Waals surface area contributed by atoms with Crippen LogP contribution in [0.25, 0.3) is 0 Å². The van der Waals surface area contributed by atoms with Gasteiger partial charge in [-0.15, -0.1) is 0 Å². The number of piperidine rings is 1. The third-order valence-electron chi connectivity index (χ3n) is 5.65. The summed E-state index contributed by atoms with van der Waals surface area (Å²) in [6.45, 7) is 7.14. The maximum atomic E-state index is 13.2. The standard InChI is InChI=1S/C19H30N2O4S/c1-14-4-5-17(15(2)12-14)26(22,23)18-16(20)13-19(25-18)6-8-21(9-7-19)10-11-24-3/h4-5,12,16,18H,6-11,13,20H2,1-3H3. The van der Waals surface area contributed by atoms with Gasteiger partial charge in [-0.25, -0.2) is 8.42 Å². The minimum atomic E-state index is -3.62. The smallest absolute Gasteiger partial charge is 0.207 e. The average Bonchev–Trinajstić information content (AvgIpc) is 2.91. The van der Waals surface area contributed by atoms with E-state index in [0.717, 1.165) is 43.6 Å². The molecule has 6 nitrogen and oxygen atoms in total. The van der Waals surface area contributed by atoms with Crippen molar-refractivity contribution < 1.29 is 17.9 Å². The molecule has 0 bridgehead atoms. The van der Waals surface area contributed by atoms with E-state index in [1.165, 1.54) is 0 Å². The first-order chi connectivity index (χ1) is 12.3. The Kier molecular flexibility index (Phi) is 5.75. The number of hydrogen-bond donors (Lipinski definition) is 1. The SMILES string of the molecule is COCCN1CCC2(CC1)CC(N)C(S(=O)(=O)c1ccc(C)cc1C)O2. The van der Waals surface area contributed by atoms with Gasteiger partial charge in [0.1, 0.15) is 0 Å². The van der Waals surface area contributed by atoms with Crippen LogP contribution in [0.2, 0.25) is 0 Å². The Morgan fingerprint density at radius 3 is 2.62 bits per heavy atom. The van der Waals surface area contributed by atoms with Crippen LogP contribution >= 0.6 is 0 Å². The number of methoxy groups -OCH3 is 1. The second kappa shape index (κ2) is 7.56. The first-order valence-corrected chi connectivity index (χ1v) is 10.8. The number of ether oxygens (including phenoxy) is 2. The molecule has 1 aromatic carbocycles. The van der Waals surface area contributed by atoms with Crippen LogP contribution in [-0.4, -0.2) is 63.7 Å². The molecule has 0 amide bonds. The van der Waals surface area contributed by atoms with Gasteiger partial charge in [-0.3, -0.25) is 0 Å². The summed E-state index contributed by atoms with van der Waals surface area (Å²) in [5.41, 5.74) is 6.67. The van der Waals surface area contributed by atoms with Crippen LogP contribution in [-0.2, 0) is 19.3 Å². The maximum Gasteiger partial charge on any atom is 0.207 e. The van der Waals surface area contributed by atoms with E-state index in [2.05, 4.69) is 4.90 Å². The molecular weight excluding hydrogens is 352 g/mol. The normalized spacial score (nSPS) is 26.5. The Labute approximate surface area is 156 Å². The zero-order valence-corrected chi connectivity index (χ0v) is 16.7. The number of benzene rings is 1. The molecule has 1 aromatic rings. The van der Waals surface area contributed by atoms with E-state index in [1.807, 2.05) is 26.0 Å². The van der Waals surface area contributed by atoms with Crippen molar-refractivity contribution >= 4 is 9.84 Å². The molecule has 3 rings (SSSR count). The lowest BCUT2D eigenvalue weighted by Gasteiger charge is -2.38. The van der Waals surface area contributed by atoms with Crippen molar-refractivity contribution in [2.24, 2.45) is 5.73 Å². The fraction of sp³-hybridized carbons (Fsp3) is 0.684. The van der Waals surface area contributed by atoms with Gasteiger partial charge in [0.15, 0.2) is 5.44 Å². The van der Waals surface area contributed by atoms with Crippen LogP contribution in [0.15, 0.2) is 23.1 Å². The Bertz CT molecular complexity index is 742. The molecule has 0 saturated carbocycles. The van der Waals surface area contributed by atoms with E-state index in [1.54, 1.807) is 13.2 Å². The highest BCUT2D eigenvalue weighted by atomic mass is 32.2. The topological polar surface area (TPSA) is 81.9 Å². The number of aryl methyl sites for hydroxylation is 2. The van der Waals surface area contributed by atoms with Crippen LogP contribution in [0.5, 0.6) is 0 Å². The van der Waals surface area contributed by atoms with E-state index in [4.69, 9.17) is 15.2 Å². The van der Waals surface area contributed by atoms with Crippen molar-refractivity contribution in [3.63, 3.8) is 0 Å². The number of nitrogens with two attached hydrogens (primary N) is 1. The Hall–Kier alpha value is -0.990. The Balaban J connectivity index is 1.74. The van der Waals surface area contributed by atoms with Crippen LogP contribution in [0, 0.1) is 13.8 Å². The summed E-state index contributed by atoms with van der Waals surface area (Å²) in [4.78, 5) is 2.66. The number of sulfone groups is 1. The van der Waals surface area contributed by atoms with Crippen molar-refractivity contribution in [3.05, 3.63) is 29.3 Å². The molecular formula is C19H30N2O4S. The zero-order chi connectivity index (χ0) is 18.9. The lowest BCUT2D eigenvalue weighted by Crippen LogP contribution is -2.45. The molecule has 0 radical (unpaired) electrons. The predicted octanol–water partition coefficient (Wildman–Crippen LogP) is 1.63. The highest BCUT2D eigenvalue weighted by Gasteiger charge is 2.51. The molecule has 146 valence electrons. The molecule has 26 heavy (non-hydrogen) atoms. The van der Waals surface area contributed by atoms with Crippen LogP contribution < -0.4 is 5.73 Å². The van der Waals surface area contributed by atoms with Gasteiger partial charge in [-0.05, 0) is 44.7 Å². The summed E-state index contributed by atoms with van der Waals surface area (Å²) in [5.74, 6) is 0. The first-order valence-electron chi connectivity index (χ1n) is 9.23. The quantitative estimate of drug-likeness (QED) is 0.834. The minimum absolute atomic E-state index is 0.332. The Morgan fingerprint density at radius 2 is 2.00 bits per heavy atom. The van der Waals surface area contributed by atoms with Crippen molar-refractivity contribution in [2.75, 3.05) is 33.4 Å². The lowest BCUT2D eigenvalue weighted by atomic mass is 9.87. The van der Waals surface area contributed by atoms with Gasteiger partial charge in [0.25, 0.3) is 0 Å². The third kappa shape index (κ3) is 3.82. The fourth-order valence-electron chi connectivity index (χ4n) is 4.17. The summed E-state index contributed by atoms with van der Waals surface area (Å²) in [5, 5.41) is 0. The average molecular weight is 383 g/mol. The monoisotopic (exact) mass is 382 g/mol. The molecule has 2 heterocycles. The summed E-state index contributed by atoms with van der Waals surface area (Å²) >= 11 is 0. The van der Waals surface area contributed by atoms with Gasteiger partial charge in [0.2, 0.25) is 9.84 Å². The van der Waals surface area contributed by atoms with Crippen LogP contribution in [0.3, 0.4) is 0 Å². The molecule has 2 atom stereocenters. The summed E-state index contributed by atoms with van der Waals surface area (Å²) in [7, 11) is -1.92.